The maximum Gasteiger partial charge on any atom is 0.101 e. The number of nitriles is 1. The molecular formula is C15H22N4. The second-order valence-corrected chi connectivity index (χ2v) is 5.16. The van der Waals surface area contributed by atoms with Crippen LogP contribution >= 0.6 is 0 Å². The van der Waals surface area contributed by atoms with Crippen LogP contribution in [-0.4, -0.2) is 31.2 Å². The Kier molecular flexibility index (Phi) is 5.17. The molecule has 0 aromatic carbocycles. The third-order valence-electron chi connectivity index (χ3n) is 3.63. The van der Waals surface area contributed by atoms with Crippen LogP contribution in [0.2, 0.25) is 0 Å². The zero-order valence-corrected chi connectivity index (χ0v) is 11.6. The normalized spacial score (nSPS) is 18.8. The second kappa shape index (κ2) is 7.10. The predicted octanol–water partition coefficient (Wildman–Crippen LogP) is 2.17. The Balaban J connectivity index is 2.12. The van der Waals surface area contributed by atoms with Crippen LogP contribution in [0.3, 0.4) is 0 Å². The number of nitrogens with zero attached hydrogens (tertiary/aromatic N) is 3. The maximum atomic E-state index is 9.22. The van der Waals surface area contributed by atoms with Crippen molar-refractivity contribution in [1.29, 1.82) is 5.26 Å². The Morgan fingerprint density at radius 1 is 1.58 bits per heavy atom. The Labute approximate surface area is 115 Å². The molecule has 0 radical (unpaired) electrons. The number of hydrogen-bond acceptors (Lipinski definition) is 4. The summed E-state index contributed by atoms with van der Waals surface area (Å²) in [5.41, 5.74) is 1.71. The molecule has 1 aromatic rings. The standard InChI is InChI=1S/C15H22N4/c1-2-8-19(12-13-4-3-6-17-10-13)15-11-18-7-5-14(15)9-16/h5,7,11,13,17H,2-4,6,8,10,12H2,1H3. The Morgan fingerprint density at radius 3 is 3.16 bits per heavy atom. The monoisotopic (exact) mass is 258 g/mol. The van der Waals surface area contributed by atoms with E-state index in [1.54, 1.807) is 12.3 Å². The average molecular weight is 258 g/mol. The maximum absolute atomic E-state index is 9.22. The van der Waals surface area contributed by atoms with Crippen LogP contribution in [0.1, 0.15) is 31.7 Å². The molecule has 1 aliphatic heterocycles. The number of rotatable bonds is 5. The summed E-state index contributed by atoms with van der Waals surface area (Å²) in [4.78, 5) is 6.50. The molecule has 1 fully saturated rings. The lowest BCUT2D eigenvalue weighted by Gasteiger charge is -2.31. The second-order valence-electron chi connectivity index (χ2n) is 5.16. The van der Waals surface area contributed by atoms with Crippen molar-refractivity contribution in [2.75, 3.05) is 31.1 Å². The summed E-state index contributed by atoms with van der Waals surface area (Å²) < 4.78 is 0. The van der Waals surface area contributed by atoms with Gasteiger partial charge in [0.05, 0.1) is 17.4 Å². The summed E-state index contributed by atoms with van der Waals surface area (Å²) in [6, 6.07) is 4.08. The number of hydrogen-bond donors (Lipinski definition) is 1. The van der Waals surface area contributed by atoms with Crippen molar-refractivity contribution in [3.63, 3.8) is 0 Å². The molecule has 1 aliphatic rings. The van der Waals surface area contributed by atoms with E-state index in [0.29, 0.717) is 5.92 Å². The van der Waals surface area contributed by atoms with Gasteiger partial charge in [0.2, 0.25) is 0 Å². The summed E-state index contributed by atoms with van der Waals surface area (Å²) in [6.07, 6.45) is 7.12. The van der Waals surface area contributed by atoms with Crippen LogP contribution < -0.4 is 10.2 Å². The average Bonchev–Trinajstić information content (AvgIpc) is 2.48. The van der Waals surface area contributed by atoms with Gasteiger partial charge in [-0.05, 0) is 44.3 Å². The summed E-state index contributed by atoms with van der Waals surface area (Å²) in [7, 11) is 0. The van der Waals surface area contributed by atoms with E-state index >= 15 is 0 Å². The van der Waals surface area contributed by atoms with Crippen molar-refractivity contribution in [2.45, 2.75) is 26.2 Å². The molecule has 2 heterocycles. The summed E-state index contributed by atoms with van der Waals surface area (Å²) in [6.45, 7) is 6.40. The molecule has 0 spiro atoms. The first-order chi connectivity index (χ1) is 9.35. The van der Waals surface area contributed by atoms with E-state index in [1.807, 2.05) is 6.20 Å². The van der Waals surface area contributed by atoms with E-state index in [4.69, 9.17) is 0 Å². The fourth-order valence-electron chi connectivity index (χ4n) is 2.70. The van der Waals surface area contributed by atoms with Gasteiger partial charge in [0.15, 0.2) is 0 Å². The molecule has 4 nitrogen and oxygen atoms in total. The first-order valence-corrected chi connectivity index (χ1v) is 7.15. The first kappa shape index (κ1) is 13.8. The predicted molar refractivity (Wildman–Crippen MR) is 77.0 cm³/mol. The highest BCUT2D eigenvalue weighted by Gasteiger charge is 2.18. The molecule has 1 N–H and O–H groups in total. The largest absolute Gasteiger partial charge is 0.369 e. The Bertz CT molecular complexity index is 432. The van der Waals surface area contributed by atoms with Gasteiger partial charge >= 0.3 is 0 Å². The minimum atomic E-state index is 0.673. The highest BCUT2D eigenvalue weighted by molar-refractivity contribution is 5.57. The lowest BCUT2D eigenvalue weighted by atomic mass is 9.98. The van der Waals surface area contributed by atoms with E-state index in [-0.39, 0.29) is 0 Å². The van der Waals surface area contributed by atoms with Crippen LogP contribution in [0.4, 0.5) is 5.69 Å². The van der Waals surface area contributed by atoms with Crippen LogP contribution in [0, 0.1) is 17.2 Å². The van der Waals surface area contributed by atoms with Crippen LogP contribution in [-0.2, 0) is 0 Å². The van der Waals surface area contributed by atoms with Gasteiger partial charge in [0, 0.05) is 19.3 Å². The third-order valence-corrected chi connectivity index (χ3v) is 3.63. The molecule has 1 saturated heterocycles. The minimum Gasteiger partial charge on any atom is -0.369 e. The molecule has 0 saturated carbocycles. The molecule has 0 bridgehead atoms. The number of anilines is 1. The van der Waals surface area contributed by atoms with Crippen molar-refractivity contribution >= 4 is 5.69 Å². The number of nitrogens with one attached hydrogen (secondary N) is 1. The fourth-order valence-corrected chi connectivity index (χ4v) is 2.70. The number of pyridine rings is 1. The fraction of sp³-hybridized carbons (Fsp3) is 0.600. The van der Waals surface area contributed by atoms with Crippen molar-refractivity contribution in [3.05, 3.63) is 24.0 Å². The molecular weight excluding hydrogens is 236 g/mol. The number of aromatic nitrogens is 1. The van der Waals surface area contributed by atoms with Gasteiger partial charge in [-0.3, -0.25) is 4.98 Å². The van der Waals surface area contributed by atoms with Crippen molar-refractivity contribution < 1.29 is 0 Å². The van der Waals surface area contributed by atoms with Crippen molar-refractivity contribution in [3.8, 4) is 6.07 Å². The lowest BCUT2D eigenvalue weighted by Crippen LogP contribution is -2.39. The van der Waals surface area contributed by atoms with Crippen molar-refractivity contribution in [2.24, 2.45) is 5.92 Å². The SMILES string of the molecule is CCCN(CC1CCCNC1)c1cnccc1C#N. The van der Waals surface area contributed by atoms with E-state index in [2.05, 4.69) is 28.2 Å². The molecule has 102 valence electrons. The third kappa shape index (κ3) is 3.68. The van der Waals surface area contributed by atoms with Gasteiger partial charge in [-0.15, -0.1) is 0 Å². The van der Waals surface area contributed by atoms with Gasteiger partial charge in [-0.2, -0.15) is 5.26 Å². The quantitative estimate of drug-likeness (QED) is 0.879. The van der Waals surface area contributed by atoms with Gasteiger partial charge < -0.3 is 10.2 Å². The molecule has 19 heavy (non-hydrogen) atoms. The zero-order valence-electron chi connectivity index (χ0n) is 11.6. The van der Waals surface area contributed by atoms with E-state index < -0.39 is 0 Å². The lowest BCUT2D eigenvalue weighted by molar-refractivity contribution is 0.376. The van der Waals surface area contributed by atoms with Gasteiger partial charge in [-0.25, -0.2) is 0 Å². The van der Waals surface area contributed by atoms with E-state index in [1.165, 1.54) is 12.8 Å². The first-order valence-electron chi connectivity index (χ1n) is 7.15. The van der Waals surface area contributed by atoms with Gasteiger partial charge in [0.1, 0.15) is 6.07 Å². The Morgan fingerprint density at radius 2 is 2.47 bits per heavy atom. The summed E-state index contributed by atoms with van der Waals surface area (Å²) in [5, 5.41) is 12.7. The molecule has 1 atom stereocenters. The minimum absolute atomic E-state index is 0.673. The van der Waals surface area contributed by atoms with Crippen molar-refractivity contribution in [1.82, 2.24) is 10.3 Å². The smallest absolute Gasteiger partial charge is 0.101 e. The van der Waals surface area contributed by atoms with Crippen LogP contribution in [0.5, 0.6) is 0 Å². The summed E-state index contributed by atoms with van der Waals surface area (Å²) in [5.74, 6) is 0.673. The highest BCUT2D eigenvalue weighted by atomic mass is 15.1. The molecule has 2 rings (SSSR count). The molecule has 1 unspecified atom stereocenters. The van der Waals surface area contributed by atoms with Crippen LogP contribution in [0.15, 0.2) is 18.5 Å². The van der Waals surface area contributed by atoms with E-state index in [0.717, 1.165) is 43.9 Å². The molecule has 1 aromatic heterocycles. The van der Waals surface area contributed by atoms with E-state index in [9.17, 15) is 5.26 Å². The molecule has 0 amide bonds. The summed E-state index contributed by atoms with van der Waals surface area (Å²) >= 11 is 0. The number of piperidine rings is 1. The topological polar surface area (TPSA) is 52.0 Å². The highest BCUT2D eigenvalue weighted by Crippen LogP contribution is 2.22. The molecule has 0 aliphatic carbocycles. The Hall–Kier alpha value is -1.60. The van der Waals surface area contributed by atoms with Gasteiger partial charge in [-0.1, -0.05) is 6.92 Å². The molecule has 4 heteroatoms. The van der Waals surface area contributed by atoms with Crippen LogP contribution in [0.25, 0.3) is 0 Å². The van der Waals surface area contributed by atoms with Gasteiger partial charge in [0.25, 0.3) is 0 Å². The zero-order chi connectivity index (χ0) is 13.5.